The van der Waals surface area contributed by atoms with E-state index in [4.69, 9.17) is 21.1 Å². The van der Waals surface area contributed by atoms with Crippen molar-refractivity contribution in [3.8, 4) is 5.75 Å². The molecule has 1 heterocycles. The maximum atomic E-state index is 12.2. The predicted octanol–water partition coefficient (Wildman–Crippen LogP) is 3.19. The number of nitrogens with zero attached hydrogens (tertiary/aromatic N) is 1. The lowest BCUT2D eigenvalue weighted by Gasteiger charge is -2.27. The van der Waals surface area contributed by atoms with Gasteiger partial charge in [-0.2, -0.15) is 0 Å². The van der Waals surface area contributed by atoms with Gasteiger partial charge in [0.15, 0.2) is 6.61 Å². The molecule has 0 radical (unpaired) electrons. The fraction of sp³-hybridized carbons (Fsp3) is 0.316. The molecule has 132 valence electrons. The van der Waals surface area contributed by atoms with Gasteiger partial charge < -0.3 is 14.8 Å². The first-order chi connectivity index (χ1) is 12.2. The summed E-state index contributed by atoms with van der Waals surface area (Å²) in [5.41, 5.74) is 1.91. The lowest BCUT2D eigenvalue weighted by molar-refractivity contribution is -0.118. The predicted molar refractivity (Wildman–Crippen MR) is 98.1 cm³/mol. The van der Waals surface area contributed by atoms with E-state index in [-0.39, 0.29) is 12.5 Å². The second kappa shape index (κ2) is 8.85. The maximum Gasteiger partial charge on any atom is 0.262 e. The summed E-state index contributed by atoms with van der Waals surface area (Å²) in [6, 6.07) is 14.8. The molecule has 0 saturated carbocycles. The number of amides is 1. The van der Waals surface area contributed by atoms with Gasteiger partial charge in [0.1, 0.15) is 5.75 Å². The Bertz CT molecular complexity index is 700. The first-order valence-corrected chi connectivity index (χ1v) is 8.65. The van der Waals surface area contributed by atoms with Gasteiger partial charge in [-0.3, -0.25) is 9.69 Å². The molecule has 0 aromatic heterocycles. The normalized spacial score (nSPS) is 14.9. The number of halogens is 1. The van der Waals surface area contributed by atoms with E-state index in [0.717, 1.165) is 44.1 Å². The maximum absolute atomic E-state index is 12.2. The number of carbonyl (C=O) groups is 1. The molecule has 1 aliphatic rings. The van der Waals surface area contributed by atoms with Crippen molar-refractivity contribution in [2.24, 2.45) is 0 Å². The summed E-state index contributed by atoms with van der Waals surface area (Å²) in [5, 5.41) is 3.57. The number of nitrogens with one attached hydrogen (secondary N) is 1. The zero-order chi connectivity index (χ0) is 17.5. The van der Waals surface area contributed by atoms with Gasteiger partial charge in [-0.05, 0) is 35.9 Å². The highest BCUT2D eigenvalue weighted by Gasteiger charge is 2.14. The summed E-state index contributed by atoms with van der Waals surface area (Å²) in [4.78, 5) is 14.5. The Balaban J connectivity index is 1.56. The third-order valence-electron chi connectivity index (χ3n) is 3.97. The number of rotatable bonds is 6. The third kappa shape index (κ3) is 5.46. The first kappa shape index (κ1) is 17.7. The van der Waals surface area contributed by atoms with Crippen molar-refractivity contribution in [2.75, 3.05) is 38.2 Å². The molecule has 0 unspecified atom stereocenters. The molecular weight excluding hydrogens is 340 g/mol. The first-order valence-electron chi connectivity index (χ1n) is 8.27. The van der Waals surface area contributed by atoms with Crippen LogP contribution in [0.4, 0.5) is 5.69 Å². The quantitative estimate of drug-likeness (QED) is 0.859. The monoisotopic (exact) mass is 360 g/mol. The molecule has 1 N–H and O–H groups in total. The molecule has 0 bridgehead atoms. The summed E-state index contributed by atoms with van der Waals surface area (Å²) in [7, 11) is 0. The van der Waals surface area contributed by atoms with E-state index in [2.05, 4.69) is 10.2 Å². The largest absolute Gasteiger partial charge is 0.484 e. The number of morpholine rings is 1. The Kier molecular flexibility index (Phi) is 6.28. The standard InChI is InChI=1S/C19H21ClN2O3/c20-16-5-7-17(8-6-16)25-14-19(23)21-18-4-2-1-3-15(18)13-22-9-11-24-12-10-22/h1-8H,9-14H2,(H,21,23). The van der Waals surface area contributed by atoms with Crippen molar-refractivity contribution in [3.05, 3.63) is 59.1 Å². The van der Waals surface area contributed by atoms with E-state index >= 15 is 0 Å². The minimum absolute atomic E-state index is 0.0481. The molecule has 0 spiro atoms. The molecule has 3 rings (SSSR count). The van der Waals surface area contributed by atoms with E-state index < -0.39 is 0 Å². The summed E-state index contributed by atoms with van der Waals surface area (Å²) < 4.78 is 10.9. The Labute approximate surface area is 152 Å². The highest BCUT2D eigenvalue weighted by molar-refractivity contribution is 6.30. The Morgan fingerprint density at radius 1 is 1.12 bits per heavy atom. The van der Waals surface area contributed by atoms with Crippen LogP contribution in [0.15, 0.2) is 48.5 Å². The number of anilines is 1. The summed E-state index contributed by atoms with van der Waals surface area (Å²) >= 11 is 5.83. The van der Waals surface area contributed by atoms with Crippen LogP contribution < -0.4 is 10.1 Å². The number of ether oxygens (including phenoxy) is 2. The van der Waals surface area contributed by atoms with Crippen molar-refractivity contribution in [1.29, 1.82) is 0 Å². The van der Waals surface area contributed by atoms with Crippen molar-refractivity contribution in [3.63, 3.8) is 0 Å². The van der Waals surface area contributed by atoms with Gasteiger partial charge in [-0.15, -0.1) is 0 Å². The van der Waals surface area contributed by atoms with Crippen molar-refractivity contribution in [1.82, 2.24) is 4.90 Å². The number of hydrogen-bond donors (Lipinski definition) is 1. The van der Waals surface area contributed by atoms with Gasteiger partial charge in [-0.25, -0.2) is 0 Å². The van der Waals surface area contributed by atoms with Crippen LogP contribution in [-0.2, 0) is 16.1 Å². The molecule has 1 amide bonds. The van der Waals surface area contributed by atoms with E-state index in [9.17, 15) is 4.79 Å². The summed E-state index contributed by atoms with van der Waals surface area (Å²) in [6.07, 6.45) is 0. The van der Waals surface area contributed by atoms with Gasteiger partial charge in [0.25, 0.3) is 5.91 Å². The van der Waals surface area contributed by atoms with Gasteiger partial charge in [0.05, 0.1) is 13.2 Å². The fourth-order valence-corrected chi connectivity index (χ4v) is 2.77. The molecule has 6 heteroatoms. The molecule has 25 heavy (non-hydrogen) atoms. The lowest BCUT2D eigenvalue weighted by atomic mass is 10.1. The number of carbonyl (C=O) groups excluding carboxylic acids is 1. The molecule has 0 aliphatic carbocycles. The SMILES string of the molecule is O=C(COc1ccc(Cl)cc1)Nc1ccccc1CN1CCOCC1. The van der Waals surface area contributed by atoms with Crippen LogP contribution in [0.25, 0.3) is 0 Å². The average molecular weight is 361 g/mol. The lowest BCUT2D eigenvalue weighted by Crippen LogP contribution is -2.36. The zero-order valence-electron chi connectivity index (χ0n) is 13.9. The van der Waals surface area contributed by atoms with Crippen LogP contribution in [0.2, 0.25) is 5.02 Å². The van der Waals surface area contributed by atoms with Crippen molar-refractivity contribution < 1.29 is 14.3 Å². The highest BCUT2D eigenvalue weighted by atomic mass is 35.5. The summed E-state index contributed by atoms with van der Waals surface area (Å²) in [6.45, 7) is 4.06. The number of hydrogen-bond acceptors (Lipinski definition) is 4. The molecular formula is C19H21ClN2O3. The topological polar surface area (TPSA) is 50.8 Å². The second-order valence-corrected chi connectivity index (χ2v) is 6.27. The van der Waals surface area contributed by atoms with Crippen molar-refractivity contribution in [2.45, 2.75) is 6.54 Å². The minimum atomic E-state index is -0.190. The van der Waals surface area contributed by atoms with E-state index in [1.54, 1.807) is 24.3 Å². The number of para-hydroxylation sites is 1. The van der Waals surface area contributed by atoms with Crippen LogP contribution in [-0.4, -0.2) is 43.7 Å². The fourth-order valence-electron chi connectivity index (χ4n) is 2.65. The summed E-state index contributed by atoms with van der Waals surface area (Å²) in [5.74, 6) is 0.422. The molecule has 5 nitrogen and oxygen atoms in total. The van der Waals surface area contributed by atoms with Crippen LogP contribution in [0.5, 0.6) is 5.75 Å². The molecule has 2 aromatic rings. The van der Waals surface area contributed by atoms with Crippen molar-refractivity contribution >= 4 is 23.2 Å². The Morgan fingerprint density at radius 2 is 1.84 bits per heavy atom. The molecule has 0 atom stereocenters. The Morgan fingerprint density at radius 3 is 2.60 bits per heavy atom. The molecule has 1 saturated heterocycles. The van der Waals surface area contributed by atoms with Gasteiger partial charge in [0.2, 0.25) is 0 Å². The zero-order valence-corrected chi connectivity index (χ0v) is 14.7. The van der Waals surface area contributed by atoms with Crippen LogP contribution >= 0.6 is 11.6 Å². The van der Waals surface area contributed by atoms with Gasteiger partial charge >= 0.3 is 0 Å². The number of benzene rings is 2. The Hall–Kier alpha value is -2.08. The van der Waals surface area contributed by atoms with E-state index in [1.807, 2.05) is 24.3 Å². The van der Waals surface area contributed by atoms with Gasteiger partial charge in [0, 0.05) is 30.3 Å². The second-order valence-electron chi connectivity index (χ2n) is 5.84. The molecule has 1 aliphatic heterocycles. The average Bonchev–Trinajstić information content (AvgIpc) is 2.64. The van der Waals surface area contributed by atoms with E-state index in [0.29, 0.717) is 10.8 Å². The van der Waals surface area contributed by atoms with E-state index in [1.165, 1.54) is 0 Å². The molecule has 1 fully saturated rings. The molecule has 2 aromatic carbocycles. The smallest absolute Gasteiger partial charge is 0.262 e. The van der Waals surface area contributed by atoms with Crippen LogP contribution in [0.3, 0.4) is 0 Å². The third-order valence-corrected chi connectivity index (χ3v) is 4.22. The van der Waals surface area contributed by atoms with Gasteiger partial charge in [-0.1, -0.05) is 29.8 Å². The van der Waals surface area contributed by atoms with Crippen LogP contribution in [0.1, 0.15) is 5.56 Å². The highest BCUT2D eigenvalue weighted by Crippen LogP contribution is 2.19. The van der Waals surface area contributed by atoms with Crippen LogP contribution in [0, 0.1) is 0 Å². The minimum Gasteiger partial charge on any atom is -0.484 e.